The highest BCUT2D eigenvalue weighted by atomic mass is 127. The van der Waals surface area contributed by atoms with Crippen LogP contribution in [0.25, 0.3) is 11.1 Å². The molecule has 0 unspecified atom stereocenters. The molecule has 16 heavy (non-hydrogen) atoms. The normalized spacial score (nSPS) is 10.5. The van der Waals surface area contributed by atoms with Crippen LogP contribution in [-0.4, -0.2) is 0 Å². The standard InChI is InChI=1S/C15H15I/c1-10-8-11(2)15(12(3)9-10)13-4-6-14(16)7-5-13/h4-9H,1-3H3. The Balaban J connectivity index is 2.60. The zero-order chi connectivity index (χ0) is 11.7. The van der Waals surface area contributed by atoms with Gasteiger partial charge in [-0.15, -0.1) is 0 Å². The largest absolute Gasteiger partial charge is 0.0557 e. The molecule has 2 rings (SSSR count). The average molecular weight is 322 g/mol. The molecule has 0 saturated carbocycles. The van der Waals surface area contributed by atoms with Crippen LogP contribution in [0.3, 0.4) is 0 Å². The second-order valence-corrected chi connectivity index (χ2v) is 5.53. The van der Waals surface area contributed by atoms with Gasteiger partial charge in [-0.05, 0) is 77.7 Å². The molecule has 2 aromatic rings. The Hall–Kier alpha value is -0.830. The van der Waals surface area contributed by atoms with Crippen LogP contribution in [0.5, 0.6) is 0 Å². The highest BCUT2D eigenvalue weighted by Gasteiger charge is 2.05. The van der Waals surface area contributed by atoms with E-state index in [9.17, 15) is 0 Å². The molecule has 0 radical (unpaired) electrons. The molecule has 0 atom stereocenters. The summed E-state index contributed by atoms with van der Waals surface area (Å²) >= 11 is 2.34. The van der Waals surface area contributed by atoms with Gasteiger partial charge >= 0.3 is 0 Å². The van der Waals surface area contributed by atoms with Gasteiger partial charge in [0.1, 0.15) is 0 Å². The third-order valence-corrected chi connectivity index (χ3v) is 3.53. The summed E-state index contributed by atoms with van der Waals surface area (Å²) in [6.07, 6.45) is 0. The van der Waals surface area contributed by atoms with Crippen LogP contribution < -0.4 is 0 Å². The van der Waals surface area contributed by atoms with Crippen molar-refractivity contribution in [1.82, 2.24) is 0 Å². The van der Waals surface area contributed by atoms with Gasteiger partial charge in [0.15, 0.2) is 0 Å². The minimum atomic E-state index is 1.28. The van der Waals surface area contributed by atoms with E-state index >= 15 is 0 Å². The summed E-state index contributed by atoms with van der Waals surface area (Å²) in [6, 6.07) is 13.2. The number of benzene rings is 2. The molecule has 0 aliphatic carbocycles. The first-order valence-electron chi connectivity index (χ1n) is 5.42. The fraction of sp³-hybridized carbons (Fsp3) is 0.200. The number of hydrogen-bond acceptors (Lipinski definition) is 0. The molecule has 82 valence electrons. The van der Waals surface area contributed by atoms with Gasteiger partial charge in [-0.25, -0.2) is 0 Å². The van der Waals surface area contributed by atoms with Crippen molar-refractivity contribution in [1.29, 1.82) is 0 Å². The van der Waals surface area contributed by atoms with E-state index in [2.05, 4.69) is 79.8 Å². The van der Waals surface area contributed by atoms with Crippen molar-refractivity contribution in [2.24, 2.45) is 0 Å². The molecule has 1 heteroatoms. The molecule has 0 aromatic heterocycles. The predicted molar refractivity (Wildman–Crippen MR) is 78.8 cm³/mol. The molecule has 0 nitrogen and oxygen atoms in total. The summed E-state index contributed by atoms with van der Waals surface area (Å²) in [5, 5.41) is 0. The zero-order valence-corrected chi connectivity index (χ0v) is 12.0. The Morgan fingerprint density at radius 2 is 1.31 bits per heavy atom. The van der Waals surface area contributed by atoms with Gasteiger partial charge in [0.2, 0.25) is 0 Å². The zero-order valence-electron chi connectivity index (χ0n) is 9.84. The Morgan fingerprint density at radius 1 is 0.812 bits per heavy atom. The summed E-state index contributed by atoms with van der Waals surface area (Å²) in [7, 11) is 0. The molecule has 0 bridgehead atoms. The third kappa shape index (κ3) is 2.29. The second kappa shape index (κ2) is 4.58. The van der Waals surface area contributed by atoms with Crippen molar-refractivity contribution < 1.29 is 0 Å². The van der Waals surface area contributed by atoms with Crippen LogP contribution in [0.2, 0.25) is 0 Å². The van der Waals surface area contributed by atoms with Gasteiger partial charge in [-0.2, -0.15) is 0 Å². The molecule has 2 aromatic carbocycles. The minimum Gasteiger partial charge on any atom is -0.0557 e. The third-order valence-electron chi connectivity index (χ3n) is 2.81. The topological polar surface area (TPSA) is 0 Å². The lowest BCUT2D eigenvalue weighted by molar-refractivity contribution is 1.32. The fourth-order valence-electron chi connectivity index (χ4n) is 2.25. The number of rotatable bonds is 1. The summed E-state index contributed by atoms with van der Waals surface area (Å²) in [5.41, 5.74) is 6.75. The molecule has 0 aliphatic heterocycles. The van der Waals surface area contributed by atoms with E-state index in [1.165, 1.54) is 31.4 Å². The number of aryl methyl sites for hydroxylation is 3. The Morgan fingerprint density at radius 3 is 1.81 bits per heavy atom. The molecule has 0 aliphatic rings. The van der Waals surface area contributed by atoms with Crippen LogP contribution in [-0.2, 0) is 0 Å². The van der Waals surface area contributed by atoms with Crippen LogP contribution in [0.1, 0.15) is 16.7 Å². The van der Waals surface area contributed by atoms with E-state index in [0.29, 0.717) is 0 Å². The van der Waals surface area contributed by atoms with Crippen molar-refractivity contribution in [2.45, 2.75) is 20.8 Å². The van der Waals surface area contributed by atoms with Gasteiger partial charge in [-0.3, -0.25) is 0 Å². The van der Waals surface area contributed by atoms with Crippen molar-refractivity contribution in [3.63, 3.8) is 0 Å². The highest BCUT2D eigenvalue weighted by Crippen LogP contribution is 2.28. The lowest BCUT2D eigenvalue weighted by Gasteiger charge is -2.11. The molecular weight excluding hydrogens is 307 g/mol. The van der Waals surface area contributed by atoms with Crippen LogP contribution in [0, 0.1) is 24.3 Å². The van der Waals surface area contributed by atoms with E-state index in [-0.39, 0.29) is 0 Å². The van der Waals surface area contributed by atoms with E-state index in [1.807, 2.05) is 0 Å². The summed E-state index contributed by atoms with van der Waals surface area (Å²) < 4.78 is 1.28. The van der Waals surface area contributed by atoms with Crippen molar-refractivity contribution in [2.75, 3.05) is 0 Å². The average Bonchev–Trinajstić information content (AvgIpc) is 2.19. The van der Waals surface area contributed by atoms with Gasteiger partial charge < -0.3 is 0 Å². The first kappa shape index (κ1) is 11.6. The Kier molecular flexibility index (Phi) is 3.33. The monoisotopic (exact) mass is 322 g/mol. The van der Waals surface area contributed by atoms with Crippen LogP contribution in [0.4, 0.5) is 0 Å². The van der Waals surface area contributed by atoms with Crippen molar-refractivity contribution in [3.8, 4) is 11.1 Å². The maximum Gasteiger partial charge on any atom is 0.0130 e. The smallest absolute Gasteiger partial charge is 0.0130 e. The minimum absolute atomic E-state index is 1.28. The second-order valence-electron chi connectivity index (χ2n) is 4.28. The first-order valence-corrected chi connectivity index (χ1v) is 6.49. The highest BCUT2D eigenvalue weighted by molar-refractivity contribution is 14.1. The van der Waals surface area contributed by atoms with E-state index in [0.717, 1.165) is 0 Å². The van der Waals surface area contributed by atoms with Crippen molar-refractivity contribution >= 4 is 22.6 Å². The Labute approximate surface area is 111 Å². The quantitative estimate of drug-likeness (QED) is 0.656. The molecule has 0 spiro atoms. The van der Waals surface area contributed by atoms with Gasteiger partial charge in [0.25, 0.3) is 0 Å². The lowest BCUT2D eigenvalue weighted by atomic mass is 9.94. The van der Waals surface area contributed by atoms with E-state index < -0.39 is 0 Å². The van der Waals surface area contributed by atoms with E-state index in [4.69, 9.17) is 0 Å². The maximum absolute atomic E-state index is 2.34. The summed E-state index contributed by atoms with van der Waals surface area (Å²) in [4.78, 5) is 0. The number of hydrogen-bond donors (Lipinski definition) is 0. The van der Waals surface area contributed by atoms with Gasteiger partial charge in [0, 0.05) is 3.57 Å². The molecule has 0 N–H and O–H groups in total. The summed E-state index contributed by atoms with van der Waals surface area (Å²) in [5.74, 6) is 0. The van der Waals surface area contributed by atoms with Crippen LogP contribution >= 0.6 is 22.6 Å². The molecular formula is C15H15I. The molecule has 0 saturated heterocycles. The number of halogens is 1. The lowest BCUT2D eigenvalue weighted by Crippen LogP contribution is -1.90. The molecule has 0 amide bonds. The summed E-state index contributed by atoms with van der Waals surface area (Å²) in [6.45, 7) is 6.53. The predicted octanol–water partition coefficient (Wildman–Crippen LogP) is 4.88. The van der Waals surface area contributed by atoms with Gasteiger partial charge in [-0.1, -0.05) is 29.8 Å². The van der Waals surface area contributed by atoms with Gasteiger partial charge in [0.05, 0.1) is 0 Å². The molecule has 0 heterocycles. The fourth-order valence-corrected chi connectivity index (χ4v) is 2.61. The first-order chi connectivity index (χ1) is 7.58. The molecule has 0 fully saturated rings. The van der Waals surface area contributed by atoms with E-state index in [1.54, 1.807) is 0 Å². The van der Waals surface area contributed by atoms with Crippen LogP contribution in [0.15, 0.2) is 36.4 Å². The van der Waals surface area contributed by atoms with Crippen molar-refractivity contribution in [3.05, 3.63) is 56.7 Å². The Bertz CT molecular complexity index is 486. The maximum atomic E-state index is 2.34. The SMILES string of the molecule is Cc1cc(C)c(-c2ccc(I)cc2)c(C)c1.